The molecular weight excluding hydrogens is 202 g/mol. The zero-order chi connectivity index (χ0) is 11.6. The largest absolute Gasteiger partial charge is 0.481 e. The molecule has 0 saturated heterocycles. The van der Waals surface area contributed by atoms with E-state index in [0.717, 1.165) is 6.20 Å². The van der Waals surface area contributed by atoms with Gasteiger partial charge in [0, 0.05) is 0 Å². The molecule has 1 rings (SSSR count). The summed E-state index contributed by atoms with van der Waals surface area (Å²) in [5.74, 6) is -2.29. The van der Waals surface area contributed by atoms with Crippen LogP contribution in [0.3, 0.4) is 0 Å². The Morgan fingerprint density at radius 3 is 2.67 bits per heavy atom. The summed E-state index contributed by atoms with van der Waals surface area (Å²) >= 11 is 0. The van der Waals surface area contributed by atoms with Gasteiger partial charge in [-0.05, 0) is 5.92 Å². The fourth-order valence-corrected chi connectivity index (χ4v) is 1.41. The number of aromatic nitrogens is 2. The molecule has 0 aliphatic rings. The van der Waals surface area contributed by atoms with Crippen molar-refractivity contribution in [1.29, 1.82) is 0 Å². The van der Waals surface area contributed by atoms with Crippen LogP contribution in [0.15, 0.2) is 6.20 Å². The highest BCUT2D eigenvalue weighted by Gasteiger charge is 2.32. The van der Waals surface area contributed by atoms with Crippen molar-refractivity contribution in [3.63, 3.8) is 0 Å². The normalized spacial score (nSPS) is 12.7. The Morgan fingerprint density at radius 2 is 2.27 bits per heavy atom. The number of rotatable bonds is 4. The number of hydrogen-bond donors (Lipinski definition) is 2. The van der Waals surface area contributed by atoms with Gasteiger partial charge in [-0.2, -0.15) is 5.10 Å². The molecular formula is C8H11N3O4. The standard InChI is InChI=1S/C8H11N3O4/c1-4(2)6(8(12)13)7-5(11(14)15)3-9-10-7/h3-4,6H,1-2H3,(H,9,10)(H,12,13). The van der Waals surface area contributed by atoms with E-state index in [1.165, 1.54) is 0 Å². The van der Waals surface area contributed by atoms with E-state index in [0.29, 0.717) is 0 Å². The lowest BCUT2D eigenvalue weighted by molar-refractivity contribution is -0.385. The summed E-state index contributed by atoms with van der Waals surface area (Å²) in [6, 6.07) is 0. The second kappa shape index (κ2) is 4.07. The van der Waals surface area contributed by atoms with Crippen molar-refractivity contribution in [3.05, 3.63) is 22.0 Å². The molecule has 82 valence electrons. The minimum atomic E-state index is -1.10. The number of hydrogen-bond acceptors (Lipinski definition) is 4. The smallest absolute Gasteiger partial charge is 0.313 e. The molecule has 1 aromatic heterocycles. The van der Waals surface area contributed by atoms with Crippen LogP contribution in [0.25, 0.3) is 0 Å². The molecule has 7 nitrogen and oxygen atoms in total. The molecule has 0 aliphatic heterocycles. The lowest BCUT2D eigenvalue weighted by atomic mass is 9.92. The summed E-state index contributed by atoms with van der Waals surface area (Å²) in [5.41, 5.74) is -0.237. The fourth-order valence-electron chi connectivity index (χ4n) is 1.41. The average molecular weight is 213 g/mol. The predicted molar refractivity (Wildman–Crippen MR) is 50.5 cm³/mol. The van der Waals surface area contributed by atoms with Gasteiger partial charge in [-0.3, -0.25) is 20.0 Å². The van der Waals surface area contributed by atoms with Gasteiger partial charge >= 0.3 is 11.7 Å². The van der Waals surface area contributed by atoms with Gasteiger partial charge in [-0.15, -0.1) is 0 Å². The molecule has 0 fully saturated rings. The Morgan fingerprint density at radius 1 is 1.67 bits per heavy atom. The number of carboxylic acid groups (broad SMARTS) is 1. The van der Waals surface area contributed by atoms with E-state index in [-0.39, 0.29) is 17.3 Å². The van der Waals surface area contributed by atoms with Crippen LogP contribution in [0.2, 0.25) is 0 Å². The number of nitro groups is 1. The molecule has 1 aromatic rings. The van der Waals surface area contributed by atoms with Crippen molar-refractivity contribution < 1.29 is 14.8 Å². The molecule has 1 atom stereocenters. The molecule has 15 heavy (non-hydrogen) atoms. The summed E-state index contributed by atoms with van der Waals surface area (Å²) in [6.45, 7) is 3.37. The number of nitrogens with zero attached hydrogens (tertiary/aromatic N) is 2. The van der Waals surface area contributed by atoms with E-state index in [1.807, 2.05) is 0 Å². The first-order valence-electron chi connectivity index (χ1n) is 4.35. The molecule has 0 radical (unpaired) electrons. The molecule has 0 spiro atoms. The Balaban J connectivity index is 3.17. The van der Waals surface area contributed by atoms with Crippen LogP contribution in [-0.2, 0) is 4.79 Å². The maximum atomic E-state index is 10.9. The van der Waals surface area contributed by atoms with E-state index >= 15 is 0 Å². The van der Waals surface area contributed by atoms with Gasteiger partial charge in [-0.1, -0.05) is 13.8 Å². The molecule has 0 saturated carbocycles. The van der Waals surface area contributed by atoms with Crippen LogP contribution in [0.5, 0.6) is 0 Å². The van der Waals surface area contributed by atoms with Crippen LogP contribution >= 0.6 is 0 Å². The minimum absolute atomic E-state index is 0.0440. The van der Waals surface area contributed by atoms with Gasteiger partial charge in [-0.25, -0.2) is 0 Å². The van der Waals surface area contributed by atoms with Crippen LogP contribution < -0.4 is 0 Å². The Hall–Kier alpha value is -1.92. The van der Waals surface area contributed by atoms with Gasteiger partial charge in [0.25, 0.3) is 0 Å². The number of nitrogens with one attached hydrogen (secondary N) is 1. The van der Waals surface area contributed by atoms with Crippen LogP contribution in [0.1, 0.15) is 25.5 Å². The van der Waals surface area contributed by atoms with Crippen molar-refractivity contribution in [3.8, 4) is 0 Å². The van der Waals surface area contributed by atoms with Crippen LogP contribution in [-0.4, -0.2) is 26.2 Å². The molecule has 0 aromatic carbocycles. The molecule has 1 unspecified atom stereocenters. The molecule has 0 amide bonds. The van der Waals surface area contributed by atoms with E-state index in [4.69, 9.17) is 5.11 Å². The third kappa shape index (κ3) is 2.12. The number of aliphatic carboxylic acids is 1. The van der Waals surface area contributed by atoms with Crippen LogP contribution in [0.4, 0.5) is 5.69 Å². The first-order valence-corrected chi connectivity index (χ1v) is 4.35. The topological polar surface area (TPSA) is 109 Å². The highest BCUT2D eigenvalue weighted by Crippen LogP contribution is 2.29. The maximum absolute atomic E-state index is 10.9. The molecule has 1 heterocycles. The Kier molecular flexibility index (Phi) is 3.03. The van der Waals surface area contributed by atoms with Gasteiger partial charge in [0.05, 0.1) is 4.92 Å². The second-order valence-corrected chi connectivity index (χ2v) is 3.49. The Labute approximate surface area is 85.3 Å². The monoisotopic (exact) mass is 213 g/mol. The van der Waals surface area contributed by atoms with Gasteiger partial charge in [0.1, 0.15) is 17.8 Å². The molecule has 2 N–H and O–H groups in total. The molecule has 0 aliphatic carbocycles. The maximum Gasteiger partial charge on any atom is 0.313 e. The van der Waals surface area contributed by atoms with E-state index < -0.39 is 16.8 Å². The quantitative estimate of drug-likeness (QED) is 0.575. The van der Waals surface area contributed by atoms with Crippen LogP contribution in [0, 0.1) is 16.0 Å². The second-order valence-electron chi connectivity index (χ2n) is 3.49. The first kappa shape index (κ1) is 11.2. The SMILES string of the molecule is CC(C)C(C(=O)O)c1[nH]ncc1[N+](=O)[O-]. The van der Waals surface area contributed by atoms with Crippen molar-refractivity contribution in [2.45, 2.75) is 19.8 Å². The van der Waals surface area contributed by atoms with Crippen molar-refractivity contribution in [2.75, 3.05) is 0 Å². The minimum Gasteiger partial charge on any atom is -0.481 e. The summed E-state index contributed by atoms with van der Waals surface area (Å²) in [5, 5.41) is 25.4. The summed E-state index contributed by atoms with van der Waals surface area (Å²) in [7, 11) is 0. The third-order valence-electron chi connectivity index (χ3n) is 2.09. The van der Waals surface area contributed by atoms with E-state index in [9.17, 15) is 14.9 Å². The summed E-state index contributed by atoms with van der Waals surface area (Å²) < 4.78 is 0. The highest BCUT2D eigenvalue weighted by molar-refractivity contribution is 5.77. The van der Waals surface area contributed by atoms with Gasteiger partial charge in [0.2, 0.25) is 0 Å². The number of H-pyrrole nitrogens is 1. The van der Waals surface area contributed by atoms with Gasteiger partial charge in [0.15, 0.2) is 0 Å². The van der Waals surface area contributed by atoms with Gasteiger partial charge < -0.3 is 5.11 Å². The zero-order valence-electron chi connectivity index (χ0n) is 8.30. The summed E-state index contributed by atoms with van der Waals surface area (Å²) in [4.78, 5) is 20.9. The highest BCUT2D eigenvalue weighted by atomic mass is 16.6. The predicted octanol–water partition coefficient (Wildman–Crippen LogP) is 1.14. The third-order valence-corrected chi connectivity index (χ3v) is 2.09. The first-order chi connectivity index (χ1) is 6.95. The Bertz CT molecular complexity index is 385. The number of carboxylic acids is 1. The van der Waals surface area contributed by atoms with Crippen molar-refractivity contribution in [2.24, 2.45) is 5.92 Å². The summed E-state index contributed by atoms with van der Waals surface area (Å²) in [6.07, 6.45) is 1.02. The zero-order valence-corrected chi connectivity index (χ0v) is 8.30. The number of carbonyl (C=O) groups is 1. The lowest BCUT2D eigenvalue weighted by Gasteiger charge is -2.13. The number of aromatic amines is 1. The van der Waals surface area contributed by atoms with E-state index in [2.05, 4.69) is 10.2 Å². The average Bonchev–Trinajstić information content (AvgIpc) is 2.51. The molecule has 7 heteroatoms. The fraction of sp³-hybridized carbons (Fsp3) is 0.500. The van der Waals surface area contributed by atoms with Crippen molar-refractivity contribution in [1.82, 2.24) is 10.2 Å². The van der Waals surface area contributed by atoms with Crippen molar-refractivity contribution >= 4 is 11.7 Å². The lowest BCUT2D eigenvalue weighted by Crippen LogP contribution is -2.19. The van der Waals surface area contributed by atoms with E-state index in [1.54, 1.807) is 13.8 Å². The molecule has 0 bridgehead atoms.